The Kier molecular flexibility index (Phi) is 6.41. The standard InChI is InChI=1S/C10H17NO/c1-3-5-7-9(11)8-10(12)6-4-2/h9H,3,5,7-8,11H2,1-2H3. The van der Waals surface area contributed by atoms with Crippen LogP contribution in [0.3, 0.4) is 0 Å². The topological polar surface area (TPSA) is 43.1 Å². The van der Waals surface area contributed by atoms with Gasteiger partial charge in [0.05, 0.1) is 0 Å². The van der Waals surface area contributed by atoms with Crippen molar-refractivity contribution in [3.05, 3.63) is 0 Å². The Labute approximate surface area is 74.5 Å². The second-order valence-corrected chi connectivity index (χ2v) is 2.90. The molecule has 1 unspecified atom stereocenters. The maximum atomic E-state index is 11.0. The summed E-state index contributed by atoms with van der Waals surface area (Å²) in [6.45, 7) is 3.77. The zero-order valence-electron chi connectivity index (χ0n) is 7.89. The molecule has 0 saturated carbocycles. The quantitative estimate of drug-likeness (QED) is 0.498. The van der Waals surface area contributed by atoms with Crippen molar-refractivity contribution in [3.63, 3.8) is 0 Å². The second-order valence-electron chi connectivity index (χ2n) is 2.90. The van der Waals surface area contributed by atoms with Gasteiger partial charge in [-0.1, -0.05) is 25.7 Å². The molecule has 1 atom stereocenters. The van der Waals surface area contributed by atoms with Crippen LogP contribution in [0.5, 0.6) is 0 Å². The fourth-order valence-electron chi connectivity index (χ4n) is 0.997. The molecule has 0 heterocycles. The average Bonchev–Trinajstić information content (AvgIpc) is 2.01. The molecule has 0 aliphatic carbocycles. The summed E-state index contributed by atoms with van der Waals surface area (Å²) in [5.74, 6) is 5.02. The van der Waals surface area contributed by atoms with Crippen LogP contribution in [0.2, 0.25) is 0 Å². The summed E-state index contributed by atoms with van der Waals surface area (Å²) in [4.78, 5) is 11.0. The fraction of sp³-hybridized carbons (Fsp3) is 0.700. The van der Waals surface area contributed by atoms with Crippen LogP contribution in [0.15, 0.2) is 0 Å². The molecule has 0 spiro atoms. The predicted octanol–water partition coefficient (Wildman–Crippen LogP) is 1.49. The van der Waals surface area contributed by atoms with Crippen molar-refractivity contribution in [1.29, 1.82) is 0 Å². The second kappa shape index (κ2) is 6.87. The van der Waals surface area contributed by atoms with Crippen LogP contribution < -0.4 is 5.73 Å². The van der Waals surface area contributed by atoms with Gasteiger partial charge < -0.3 is 5.73 Å². The van der Waals surface area contributed by atoms with E-state index in [0.717, 1.165) is 19.3 Å². The number of Topliss-reactive ketones (excluding diaryl/α,β-unsaturated/α-hetero) is 1. The van der Waals surface area contributed by atoms with Crippen molar-refractivity contribution in [2.45, 2.75) is 45.6 Å². The van der Waals surface area contributed by atoms with Gasteiger partial charge in [-0.25, -0.2) is 0 Å². The Hall–Kier alpha value is -0.810. The molecule has 2 N–H and O–H groups in total. The summed E-state index contributed by atoms with van der Waals surface area (Å²) in [6, 6.07) is -0.00157. The maximum Gasteiger partial charge on any atom is 0.206 e. The van der Waals surface area contributed by atoms with E-state index in [4.69, 9.17) is 5.73 Å². The lowest BCUT2D eigenvalue weighted by Crippen LogP contribution is -2.22. The minimum Gasteiger partial charge on any atom is -0.327 e. The first-order valence-corrected chi connectivity index (χ1v) is 4.41. The molecule has 0 saturated heterocycles. The summed E-state index contributed by atoms with van der Waals surface area (Å²) < 4.78 is 0. The number of unbranched alkanes of at least 4 members (excludes halogenated alkanes) is 1. The van der Waals surface area contributed by atoms with Gasteiger partial charge in [-0.05, 0) is 19.3 Å². The van der Waals surface area contributed by atoms with Crippen molar-refractivity contribution in [1.82, 2.24) is 0 Å². The van der Waals surface area contributed by atoms with Crippen molar-refractivity contribution in [2.24, 2.45) is 5.73 Å². The number of rotatable bonds is 5. The Morgan fingerprint density at radius 2 is 2.25 bits per heavy atom. The SMILES string of the molecule is CC#CC(=O)CC(N)CCCC. The third kappa shape index (κ3) is 5.94. The minimum atomic E-state index is -0.0406. The van der Waals surface area contributed by atoms with Crippen molar-refractivity contribution < 1.29 is 4.79 Å². The summed E-state index contributed by atoms with van der Waals surface area (Å²) in [6.07, 6.45) is 3.55. The van der Waals surface area contributed by atoms with E-state index in [1.54, 1.807) is 6.92 Å². The monoisotopic (exact) mass is 167 g/mol. The van der Waals surface area contributed by atoms with Crippen LogP contribution in [0.1, 0.15) is 39.5 Å². The van der Waals surface area contributed by atoms with Crippen LogP contribution in [-0.2, 0) is 4.79 Å². The number of carbonyl (C=O) groups excluding carboxylic acids is 1. The highest BCUT2D eigenvalue weighted by Gasteiger charge is 2.05. The molecule has 0 aliphatic rings. The number of hydrogen-bond donors (Lipinski definition) is 1. The molecule has 12 heavy (non-hydrogen) atoms. The highest BCUT2D eigenvalue weighted by Crippen LogP contribution is 2.01. The molecule has 68 valence electrons. The van der Waals surface area contributed by atoms with E-state index in [9.17, 15) is 4.79 Å². The van der Waals surface area contributed by atoms with Crippen molar-refractivity contribution >= 4 is 5.78 Å². The number of nitrogens with two attached hydrogens (primary N) is 1. The zero-order chi connectivity index (χ0) is 9.40. The van der Waals surface area contributed by atoms with E-state index in [1.165, 1.54) is 0 Å². The van der Waals surface area contributed by atoms with Crippen molar-refractivity contribution in [2.75, 3.05) is 0 Å². The first-order chi connectivity index (χ1) is 5.70. The number of hydrogen-bond acceptors (Lipinski definition) is 2. The van der Waals surface area contributed by atoms with Crippen LogP contribution in [0.4, 0.5) is 0 Å². The molecule has 0 aromatic heterocycles. The third-order valence-corrected chi connectivity index (χ3v) is 1.64. The first-order valence-electron chi connectivity index (χ1n) is 4.41. The van der Waals surface area contributed by atoms with E-state index in [-0.39, 0.29) is 11.8 Å². The van der Waals surface area contributed by atoms with Crippen LogP contribution in [0.25, 0.3) is 0 Å². The largest absolute Gasteiger partial charge is 0.327 e. The van der Waals surface area contributed by atoms with Crippen LogP contribution in [-0.4, -0.2) is 11.8 Å². The molecule has 0 bridgehead atoms. The van der Waals surface area contributed by atoms with Gasteiger partial charge in [-0.15, -0.1) is 0 Å². The van der Waals surface area contributed by atoms with E-state index < -0.39 is 0 Å². The lowest BCUT2D eigenvalue weighted by Gasteiger charge is -2.06. The molecule has 2 nitrogen and oxygen atoms in total. The minimum absolute atomic E-state index is 0.00157. The molecule has 0 aromatic rings. The van der Waals surface area contributed by atoms with Gasteiger partial charge in [0.2, 0.25) is 5.78 Å². The molecule has 0 fully saturated rings. The Balaban J connectivity index is 3.58. The highest BCUT2D eigenvalue weighted by molar-refractivity contribution is 5.95. The Morgan fingerprint density at radius 3 is 2.75 bits per heavy atom. The molecule has 0 aromatic carbocycles. The summed E-state index contributed by atoms with van der Waals surface area (Å²) in [5.41, 5.74) is 5.70. The van der Waals surface area contributed by atoms with E-state index in [0.29, 0.717) is 6.42 Å². The first kappa shape index (κ1) is 11.2. The van der Waals surface area contributed by atoms with Gasteiger partial charge in [0.25, 0.3) is 0 Å². The van der Waals surface area contributed by atoms with E-state index >= 15 is 0 Å². The van der Waals surface area contributed by atoms with Gasteiger partial charge >= 0.3 is 0 Å². The lowest BCUT2D eigenvalue weighted by atomic mass is 10.1. The molecular weight excluding hydrogens is 150 g/mol. The molecule has 0 rings (SSSR count). The molecule has 0 radical (unpaired) electrons. The lowest BCUT2D eigenvalue weighted by molar-refractivity contribution is -0.114. The van der Waals surface area contributed by atoms with Crippen LogP contribution >= 0.6 is 0 Å². The maximum absolute atomic E-state index is 11.0. The van der Waals surface area contributed by atoms with Gasteiger partial charge in [-0.3, -0.25) is 4.79 Å². The third-order valence-electron chi connectivity index (χ3n) is 1.64. The average molecular weight is 167 g/mol. The smallest absolute Gasteiger partial charge is 0.206 e. The van der Waals surface area contributed by atoms with Gasteiger partial charge in [0.15, 0.2) is 0 Å². The Morgan fingerprint density at radius 1 is 1.58 bits per heavy atom. The van der Waals surface area contributed by atoms with E-state index in [1.807, 2.05) is 0 Å². The Bertz CT molecular complexity index is 188. The molecule has 0 amide bonds. The molecular formula is C10H17NO. The molecule has 0 aliphatic heterocycles. The van der Waals surface area contributed by atoms with E-state index in [2.05, 4.69) is 18.8 Å². The fourth-order valence-corrected chi connectivity index (χ4v) is 0.997. The summed E-state index contributed by atoms with van der Waals surface area (Å²) in [7, 11) is 0. The summed E-state index contributed by atoms with van der Waals surface area (Å²) >= 11 is 0. The van der Waals surface area contributed by atoms with Gasteiger partial charge in [-0.2, -0.15) is 0 Å². The van der Waals surface area contributed by atoms with Crippen molar-refractivity contribution in [3.8, 4) is 11.8 Å². The van der Waals surface area contributed by atoms with Crippen LogP contribution in [0, 0.1) is 11.8 Å². The number of carbonyl (C=O) groups is 1. The zero-order valence-corrected chi connectivity index (χ0v) is 7.89. The molecule has 2 heteroatoms. The summed E-state index contributed by atoms with van der Waals surface area (Å²) in [5, 5.41) is 0. The van der Waals surface area contributed by atoms with Gasteiger partial charge in [0.1, 0.15) is 0 Å². The predicted molar refractivity (Wildman–Crippen MR) is 50.6 cm³/mol. The normalized spacial score (nSPS) is 11.6. The highest BCUT2D eigenvalue weighted by atomic mass is 16.1. The van der Waals surface area contributed by atoms with Gasteiger partial charge in [0, 0.05) is 12.5 Å². The number of ketones is 1.